The Hall–Kier alpha value is -2.15. The number of esters is 1. The van der Waals surface area contributed by atoms with Crippen LogP contribution in [0.1, 0.15) is 52.5 Å². The minimum absolute atomic E-state index is 0.0751. The number of ether oxygens (including phenoxy) is 2. The fraction of sp³-hybridized carbons (Fsp3) is 0.565. The van der Waals surface area contributed by atoms with Gasteiger partial charge in [-0.1, -0.05) is 49.8 Å². The quantitative estimate of drug-likeness (QED) is 0.551. The molecule has 0 heterocycles. The SMILES string of the molecule is CO[C@](C(=O)O[C@H](C)CC[C@H]1C(C)=CC(=O)CC1(C)C)(c1ccccc1)C(F)(F)F. The second-order valence-corrected chi connectivity index (χ2v) is 8.61. The Morgan fingerprint density at radius 1 is 1.23 bits per heavy atom. The maximum absolute atomic E-state index is 14.0. The summed E-state index contributed by atoms with van der Waals surface area (Å²) in [7, 11) is 0.849. The molecule has 0 N–H and O–H groups in total. The predicted molar refractivity (Wildman–Crippen MR) is 107 cm³/mol. The third-order valence-corrected chi connectivity index (χ3v) is 5.85. The summed E-state index contributed by atoms with van der Waals surface area (Å²) in [5.41, 5.74) is -2.83. The van der Waals surface area contributed by atoms with Crippen LogP contribution in [0.4, 0.5) is 13.2 Å². The van der Waals surface area contributed by atoms with Gasteiger partial charge in [-0.05, 0) is 44.1 Å². The van der Waals surface area contributed by atoms with E-state index in [1.54, 1.807) is 19.1 Å². The Bertz CT molecular complexity index is 798. The highest BCUT2D eigenvalue weighted by Gasteiger charge is 2.64. The number of hydrogen-bond donors (Lipinski definition) is 0. The zero-order valence-electron chi connectivity index (χ0n) is 18.0. The molecule has 1 aromatic rings. The number of carbonyl (C=O) groups excluding carboxylic acids is 2. The van der Waals surface area contributed by atoms with E-state index in [2.05, 4.69) is 0 Å². The van der Waals surface area contributed by atoms with Crippen molar-refractivity contribution in [1.82, 2.24) is 0 Å². The number of alkyl halides is 3. The second kappa shape index (κ2) is 8.92. The van der Waals surface area contributed by atoms with Crippen molar-refractivity contribution in [3.8, 4) is 0 Å². The molecule has 0 fully saturated rings. The molecule has 0 radical (unpaired) electrons. The molecule has 0 unspecified atom stereocenters. The monoisotopic (exact) mass is 426 g/mol. The van der Waals surface area contributed by atoms with Gasteiger partial charge in [0.15, 0.2) is 5.78 Å². The standard InChI is InChI=1S/C23H29F3O4/c1-15-13-18(27)14-21(3,4)19(15)12-11-16(2)30-20(28)22(29-5,23(24,25)26)17-9-7-6-8-10-17/h6-10,13,16,19H,11-12,14H2,1-5H3/t16-,19+,22+/m1/s1. The smallest absolute Gasteiger partial charge is 0.432 e. The fourth-order valence-electron chi connectivity index (χ4n) is 4.33. The van der Waals surface area contributed by atoms with Crippen LogP contribution >= 0.6 is 0 Å². The van der Waals surface area contributed by atoms with Gasteiger partial charge in [0.25, 0.3) is 5.60 Å². The Labute approximate surface area is 175 Å². The highest BCUT2D eigenvalue weighted by Crippen LogP contribution is 2.44. The summed E-state index contributed by atoms with van der Waals surface area (Å²) < 4.78 is 51.9. The van der Waals surface area contributed by atoms with E-state index < -0.39 is 23.9 Å². The maximum atomic E-state index is 14.0. The van der Waals surface area contributed by atoms with Crippen LogP contribution < -0.4 is 0 Å². The molecular formula is C23H29F3O4. The van der Waals surface area contributed by atoms with Crippen LogP contribution in [0.25, 0.3) is 0 Å². The lowest BCUT2D eigenvalue weighted by atomic mass is 9.66. The molecule has 2 rings (SSSR count). The molecule has 30 heavy (non-hydrogen) atoms. The molecule has 7 heteroatoms. The van der Waals surface area contributed by atoms with Crippen molar-refractivity contribution in [1.29, 1.82) is 0 Å². The van der Waals surface area contributed by atoms with Crippen molar-refractivity contribution < 1.29 is 32.2 Å². The molecule has 0 saturated carbocycles. The van der Waals surface area contributed by atoms with Crippen molar-refractivity contribution in [3.63, 3.8) is 0 Å². The van der Waals surface area contributed by atoms with Crippen LogP contribution in [-0.2, 0) is 24.7 Å². The van der Waals surface area contributed by atoms with Crippen LogP contribution in [0, 0.1) is 11.3 Å². The third kappa shape index (κ3) is 4.77. The molecule has 3 atom stereocenters. The molecular weight excluding hydrogens is 397 g/mol. The van der Waals surface area contributed by atoms with E-state index in [9.17, 15) is 22.8 Å². The highest BCUT2D eigenvalue weighted by molar-refractivity contribution is 5.92. The van der Waals surface area contributed by atoms with Gasteiger partial charge >= 0.3 is 12.1 Å². The Balaban J connectivity index is 2.16. The van der Waals surface area contributed by atoms with E-state index in [0.29, 0.717) is 19.3 Å². The summed E-state index contributed by atoms with van der Waals surface area (Å²) in [5.74, 6) is -1.33. The molecule has 0 aromatic heterocycles. The molecule has 0 amide bonds. The fourth-order valence-corrected chi connectivity index (χ4v) is 4.33. The average molecular weight is 426 g/mol. The minimum atomic E-state index is -5.00. The van der Waals surface area contributed by atoms with E-state index in [0.717, 1.165) is 12.7 Å². The van der Waals surface area contributed by atoms with E-state index in [-0.39, 0.29) is 22.7 Å². The van der Waals surface area contributed by atoms with E-state index in [1.807, 2.05) is 20.8 Å². The van der Waals surface area contributed by atoms with Crippen molar-refractivity contribution >= 4 is 11.8 Å². The lowest BCUT2D eigenvalue weighted by Gasteiger charge is -2.38. The number of hydrogen-bond acceptors (Lipinski definition) is 4. The topological polar surface area (TPSA) is 52.6 Å². The van der Waals surface area contributed by atoms with Gasteiger partial charge < -0.3 is 9.47 Å². The second-order valence-electron chi connectivity index (χ2n) is 8.61. The average Bonchev–Trinajstić information content (AvgIpc) is 2.60. The van der Waals surface area contributed by atoms with Crippen molar-refractivity contribution in [2.24, 2.45) is 11.3 Å². The van der Waals surface area contributed by atoms with E-state index in [1.165, 1.54) is 24.3 Å². The van der Waals surface area contributed by atoms with Gasteiger partial charge in [0.1, 0.15) is 0 Å². The van der Waals surface area contributed by atoms with Gasteiger partial charge in [0.05, 0.1) is 6.10 Å². The van der Waals surface area contributed by atoms with Crippen LogP contribution in [0.5, 0.6) is 0 Å². The van der Waals surface area contributed by atoms with Gasteiger partial charge in [-0.15, -0.1) is 0 Å². The van der Waals surface area contributed by atoms with Gasteiger partial charge in [-0.3, -0.25) is 4.79 Å². The molecule has 0 bridgehead atoms. The summed E-state index contributed by atoms with van der Waals surface area (Å²) in [4.78, 5) is 24.5. The zero-order chi connectivity index (χ0) is 22.7. The number of ketones is 1. The normalized spacial score (nSPS) is 22.1. The largest absolute Gasteiger partial charge is 0.460 e. The van der Waals surface area contributed by atoms with Crippen molar-refractivity contribution in [2.75, 3.05) is 7.11 Å². The van der Waals surface area contributed by atoms with Crippen LogP contribution in [-0.4, -0.2) is 31.1 Å². The molecule has 1 aliphatic carbocycles. The van der Waals surface area contributed by atoms with Crippen LogP contribution in [0.2, 0.25) is 0 Å². The lowest BCUT2D eigenvalue weighted by Crippen LogP contribution is -2.52. The Morgan fingerprint density at radius 2 is 1.83 bits per heavy atom. The van der Waals surface area contributed by atoms with Gasteiger partial charge in [0, 0.05) is 19.1 Å². The zero-order valence-corrected chi connectivity index (χ0v) is 18.0. The minimum Gasteiger partial charge on any atom is -0.460 e. The maximum Gasteiger partial charge on any atom is 0.432 e. The van der Waals surface area contributed by atoms with Gasteiger partial charge in [0.2, 0.25) is 0 Å². The molecule has 0 spiro atoms. The van der Waals surface area contributed by atoms with E-state index in [4.69, 9.17) is 9.47 Å². The molecule has 1 aromatic carbocycles. The first-order chi connectivity index (χ1) is 13.8. The summed E-state index contributed by atoms with van der Waals surface area (Å²) in [5, 5.41) is 0. The molecule has 166 valence electrons. The first-order valence-corrected chi connectivity index (χ1v) is 9.94. The van der Waals surface area contributed by atoms with E-state index >= 15 is 0 Å². The summed E-state index contributed by atoms with van der Waals surface area (Å²) in [6.07, 6.45) is -2.75. The number of rotatable bonds is 7. The molecule has 0 saturated heterocycles. The van der Waals surface area contributed by atoms with Crippen molar-refractivity contribution in [3.05, 3.63) is 47.5 Å². The molecule has 4 nitrogen and oxygen atoms in total. The van der Waals surface area contributed by atoms with Gasteiger partial charge in [-0.25, -0.2) is 4.79 Å². The summed E-state index contributed by atoms with van der Waals surface area (Å²) >= 11 is 0. The number of allylic oxidation sites excluding steroid dienone is 2. The first kappa shape index (κ1) is 24.1. The number of carbonyl (C=O) groups is 2. The number of benzene rings is 1. The van der Waals surface area contributed by atoms with Gasteiger partial charge in [-0.2, -0.15) is 13.2 Å². The summed E-state index contributed by atoms with van der Waals surface area (Å²) in [6, 6.07) is 6.76. The molecule has 1 aliphatic rings. The predicted octanol–water partition coefficient (Wildman–Crippen LogP) is 5.36. The number of halogens is 3. The lowest BCUT2D eigenvalue weighted by molar-refractivity contribution is -0.278. The Kier molecular flexibility index (Phi) is 7.17. The van der Waals surface area contributed by atoms with Crippen LogP contribution in [0.15, 0.2) is 42.0 Å². The third-order valence-electron chi connectivity index (χ3n) is 5.85. The number of methoxy groups -OCH3 is 1. The highest BCUT2D eigenvalue weighted by atomic mass is 19.4. The first-order valence-electron chi connectivity index (χ1n) is 9.94. The van der Waals surface area contributed by atoms with Crippen LogP contribution in [0.3, 0.4) is 0 Å². The Morgan fingerprint density at radius 3 is 2.33 bits per heavy atom. The summed E-state index contributed by atoms with van der Waals surface area (Å²) in [6.45, 7) is 7.45. The van der Waals surface area contributed by atoms with Crippen molar-refractivity contribution in [2.45, 2.75) is 64.8 Å². The molecule has 0 aliphatic heterocycles.